The van der Waals surface area contributed by atoms with Gasteiger partial charge in [-0.25, -0.2) is 0 Å². The summed E-state index contributed by atoms with van der Waals surface area (Å²) >= 11 is 0. The summed E-state index contributed by atoms with van der Waals surface area (Å²) < 4.78 is 4.82. The van der Waals surface area contributed by atoms with Gasteiger partial charge in [0.05, 0.1) is 6.54 Å². The van der Waals surface area contributed by atoms with Crippen LogP contribution in [0.1, 0.15) is 31.0 Å². The third kappa shape index (κ3) is 3.62. The van der Waals surface area contributed by atoms with E-state index >= 15 is 0 Å². The van der Waals surface area contributed by atoms with Crippen LogP contribution < -0.4 is 10.6 Å². The number of amides is 1. The molecule has 16 heavy (non-hydrogen) atoms. The van der Waals surface area contributed by atoms with Crippen LogP contribution in [-0.2, 0) is 11.3 Å². The fourth-order valence-electron chi connectivity index (χ4n) is 1.34. The monoisotopic (exact) mass is 224 g/mol. The minimum absolute atomic E-state index is 0.110. The van der Waals surface area contributed by atoms with Crippen molar-refractivity contribution >= 4 is 5.91 Å². The maximum absolute atomic E-state index is 11.3. The molecule has 0 atom stereocenters. The summed E-state index contributed by atoms with van der Waals surface area (Å²) in [5.74, 6) is 1.29. The molecule has 1 amide bonds. The van der Waals surface area contributed by atoms with Gasteiger partial charge in [-0.3, -0.25) is 4.79 Å². The molecule has 1 fully saturated rings. The van der Waals surface area contributed by atoms with Crippen LogP contribution in [-0.4, -0.2) is 28.6 Å². The minimum atomic E-state index is 0.110. The van der Waals surface area contributed by atoms with E-state index in [0.717, 1.165) is 12.8 Å². The number of carbonyl (C=O) groups excluding carboxylic acids is 1. The molecule has 6 heteroatoms. The molecule has 2 rings (SSSR count). The second kappa shape index (κ2) is 5.07. The van der Waals surface area contributed by atoms with Gasteiger partial charge in [-0.1, -0.05) is 5.16 Å². The molecule has 0 unspecified atom stereocenters. The molecule has 1 aromatic rings. The topological polar surface area (TPSA) is 80.0 Å². The molecular formula is C10H16N4O2. The summed E-state index contributed by atoms with van der Waals surface area (Å²) in [5, 5.41) is 9.76. The standard InChI is InChI=1S/C10H16N4O2/c1-7-12-9(14-16-7)6-11-5-4-10(15)13-8-2-3-8/h8,11H,2-6H2,1H3,(H,13,15). The minimum Gasteiger partial charge on any atom is -0.353 e. The van der Waals surface area contributed by atoms with Crippen molar-refractivity contribution in [1.29, 1.82) is 0 Å². The van der Waals surface area contributed by atoms with Gasteiger partial charge < -0.3 is 15.2 Å². The Balaban J connectivity index is 1.55. The van der Waals surface area contributed by atoms with Crippen molar-refractivity contribution in [3.8, 4) is 0 Å². The SMILES string of the molecule is Cc1nc(CNCCC(=O)NC2CC2)no1. The fourth-order valence-corrected chi connectivity index (χ4v) is 1.34. The van der Waals surface area contributed by atoms with Crippen molar-refractivity contribution in [2.24, 2.45) is 0 Å². The summed E-state index contributed by atoms with van der Waals surface area (Å²) in [6.07, 6.45) is 2.75. The molecule has 1 saturated carbocycles. The number of aryl methyl sites for hydroxylation is 1. The lowest BCUT2D eigenvalue weighted by atomic mass is 10.4. The van der Waals surface area contributed by atoms with Gasteiger partial charge in [-0.05, 0) is 12.8 Å². The van der Waals surface area contributed by atoms with Crippen LogP contribution in [0.3, 0.4) is 0 Å². The van der Waals surface area contributed by atoms with Gasteiger partial charge in [-0.2, -0.15) is 4.98 Å². The third-order valence-electron chi connectivity index (χ3n) is 2.32. The van der Waals surface area contributed by atoms with Crippen molar-refractivity contribution in [2.45, 2.75) is 38.8 Å². The van der Waals surface area contributed by atoms with E-state index in [9.17, 15) is 4.79 Å². The van der Waals surface area contributed by atoms with Crippen LogP contribution >= 0.6 is 0 Å². The number of rotatable bonds is 6. The largest absolute Gasteiger partial charge is 0.353 e. The first-order valence-corrected chi connectivity index (χ1v) is 5.53. The van der Waals surface area contributed by atoms with Crippen molar-refractivity contribution in [2.75, 3.05) is 6.54 Å². The normalized spacial score (nSPS) is 15.1. The molecule has 1 aromatic heterocycles. The van der Waals surface area contributed by atoms with Crippen LogP contribution in [0.2, 0.25) is 0 Å². The third-order valence-corrected chi connectivity index (χ3v) is 2.32. The highest BCUT2D eigenvalue weighted by Crippen LogP contribution is 2.18. The van der Waals surface area contributed by atoms with Gasteiger partial charge in [0.1, 0.15) is 0 Å². The number of hydrogen-bond acceptors (Lipinski definition) is 5. The van der Waals surface area contributed by atoms with E-state index in [1.54, 1.807) is 6.92 Å². The van der Waals surface area contributed by atoms with Gasteiger partial charge in [0.2, 0.25) is 11.8 Å². The van der Waals surface area contributed by atoms with Gasteiger partial charge in [0, 0.05) is 25.9 Å². The first kappa shape index (κ1) is 11.1. The molecule has 1 aliphatic carbocycles. The lowest BCUT2D eigenvalue weighted by Crippen LogP contribution is -2.29. The van der Waals surface area contributed by atoms with E-state index in [4.69, 9.17) is 4.52 Å². The molecule has 2 N–H and O–H groups in total. The van der Waals surface area contributed by atoms with Crippen molar-refractivity contribution in [1.82, 2.24) is 20.8 Å². The highest BCUT2D eigenvalue weighted by Gasteiger charge is 2.22. The molecule has 0 spiro atoms. The Morgan fingerprint density at radius 3 is 3.00 bits per heavy atom. The molecular weight excluding hydrogens is 208 g/mol. The first-order valence-electron chi connectivity index (χ1n) is 5.53. The summed E-state index contributed by atoms with van der Waals surface area (Å²) in [7, 11) is 0. The zero-order valence-corrected chi connectivity index (χ0v) is 9.32. The van der Waals surface area contributed by atoms with E-state index in [0.29, 0.717) is 37.3 Å². The Hall–Kier alpha value is -1.43. The Kier molecular flexibility index (Phi) is 3.51. The van der Waals surface area contributed by atoms with Crippen LogP contribution in [0.4, 0.5) is 0 Å². The van der Waals surface area contributed by atoms with Gasteiger partial charge in [-0.15, -0.1) is 0 Å². The second-order valence-corrected chi connectivity index (χ2v) is 4.00. The highest BCUT2D eigenvalue weighted by atomic mass is 16.5. The van der Waals surface area contributed by atoms with Crippen molar-refractivity contribution < 1.29 is 9.32 Å². The molecule has 0 radical (unpaired) electrons. The molecule has 0 aliphatic heterocycles. The smallest absolute Gasteiger partial charge is 0.223 e. The Labute approximate surface area is 93.8 Å². The van der Waals surface area contributed by atoms with Crippen molar-refractivity contribution in [3.05, 3.63) is 11.7 Å². The molecule has 0 saturated heterocycles. The van der Waals surface area contributed by atoms with Gasteiger partial charge >= 0.3 is 0 Å². The summed E-state index contributed by atoms with van der Waals surface area (Å²) in [4.78, 5) is 15.4. The number of hydrogen-bond donors (Lipinski definition) is 2. The average Bonchev–Trinajstić information content (AvgIpc) is 2.95. The van der Waals surface area contributed by atoms with Gasteiger partial charge in [0.25, 0.3) is 0 Å². The number of nitrogens with zero attached hydrogens (tertiary/aromatic N) is 2. The summed E-state index contributed by atoms with van der Waals surface area (Å²) in [6.45, 7) is 2.92. The van der Waals surface area contributed by atoms with E-state index in [2.05, 4.69) is 20.8 Å². The fraction of sp³-hybridized carbons (Fsp3) is 0.700. The first-order chi connectivity index (χ1) is 7.74. The molecule has 88 valence electrons. The number of aromatic nitrogens is 2. The molecule has 1 heterocycles. The van der Waals surface area contributed by atoms with E-state index in [-0.39, 0.29) is 5.91 Å². The van der Waals surface area contributed by atoms with Crippen LogP contribution in [0, 0.1) is 6.92 Å². The predicted molar refractivity (Wildman–Crippen MR) is 56.5 cm³/mol. The molecule has 6 nitrogen and oxygen atoms in total. The highest BCUT2D eigenvalue weighted by molar-refractivity contribution is 5.76. The Morgan fingerprint density at radius 1 is 1.56 bits per heavy atom. The van der Waals surface area contributed by atoms with E-state index in [1.165, 1.54) is 0 Å². The zero-order valence-electron chi connectivity index (χ0n) is 9.32. The van der Waals surface area contributed by atoms with Crippen molar-refractivity contribution in [3.63, 3.8) is 0 Å². The Bertz CT molecular complexity index is 359. The Morgan fingerprint density at radius 2 is 2.38 bits per heavy atom. The summed E-state index contributed by atoms with van der Waals surface area (Å²) in [6, 6.07) is 0.437. The van der Waals surface area contributed by atoms with Crippen LogP contribution in [0.15, 0.2) is 4.52 Å². The predicted octanol–water partition coefficient (Wildman–Crippen LogP) is 0.136. The van der Waals surface area contributed by atoms with Gasteiger partial charge in [0.15, 0.2) is 5.82 Å². The molecule has 0 aromatic carbocycles. The van der Waals surface area contributed by atoms with Crippen LogP contribution in [0.5, 0.6) is 0 Å². The maximum Gasteiger partial charge on any atom is 0.223 e. The second-order valence-electron chi connectivity index (χ2n) is 4.00. The average molecular weight is 224 g/mol. The summed E-state index contributed by atoms with van der Waals surface area (Å²) in [5.41, 5.74) is 0. The van der Waals surface area contributed by atoms with E-state index in [1.807, 2.05) is 0 Å². The lowest BCUT2D eigenvalue weighted by Gasteiger charge is -2.03. The molecule has 1 aliphatic rings. The van der Waals surface area contributed by atoms with Crippen LogP contribution in [0.25, 0.3) is 0 Å². The zero-order chi connectivity index (χ0) is 11.4. The maximum atomic E-state index is 11.3. The molecule has 0 bridgehead atoms. The number of carbonyl (C=O) groups is 1. The lowest BCUT2D eigenvalue weighted by molar-refractivity contribution is -0.121. The number of nitrogens with one attached hydrogen (secondary N) is 2. The van der Waals surface area contributed by atoms with E-state index < -0.39 is 0 Å². The quantitative estimate of drug-likeness (QED) is 0.672.